The normalized spacial score (nSPS) is 29.3. The van der Waals surface area contributed by atoms with E-state index in [2.05, 4.69) is 4.90 Å². The molecule has 0 fully saturated rings. The van der Waals surface area contributed by atoms with Crippen LogP contribution in [0.1, 0.15) is 18.7 Å². The molecule has 86 valence electrons. The average molecular weight is 237 g/mol. The van der Waals surface area contributed by atoms with Gasteiger partial charge in [-0.25, -0.2) is 0 Å². The molecular formula is C12H15NO2S. The molecule has 2 heterocycles. The van der Waals surface area contributed by atoms with Crippen molar-refractivity contribution in [2.75, 3.05) is 7.05 Å². The summed E-state index contributed by atoms with van der Waals surface area (Å²) in [6.07, 6.45) is 1.84. The standard InChI is InChI=1S/C12H15NO2S/c1-8-7-9(11(14)15)12(2,13(8)3)10-5-4-6-16-10/h4-7,9H,1-3H3,(H,14,15)/t9-,12-/m1/s1. The van der Waals surface area contributed by atoms with E-state index in [1.54, 1.807) is 11.3 Å². The maximum atomic E-state index is 11.3. The monoisotopic (exact) mass is 237 g/mol. The van der Waals surface area contributed by atoms with E-state index < -0.39 is 17.4 Å². The fraction of sp³-hybridized carbons (Fsp3) is 0.417. The van der Waals surface area contributed by atoms with Crippen molar-refractivity contribution in [1.82, 2.24) is 4.90 Å². The second-order valence-electron chi connectivity index (χ2n) is 4.31. The van der Waals surface area contributed by atoms with E-state index in [4.69, 9.17) is 0 Å². The molecular weight excluding hydrogens is 222 g/mol. The second kappa shape index (κ2) is 3.63. The number of carboxylic acids is 1. The third-order valence-electron chi connectivity index (χ3n) is 3.53. The molecule has 16 heavy (non-hydrogen) atoms. The third kappa shape index (κ3) is 1.37. The van der Waals surface area contributed by atoms with Crippen LogP contribution in [0.4, 0.5) is 0 Å². The lowest BCUT2D eigenvalue weighted by Gasteiger charge is -2.37. The summed E-state index contributed by atoms with van der Waals surface area (Å²) in [4.78, 5) is 14.5. The largest absolute Gasteiger partial charge is 0.481 e. The molecule has 0 aromatic carbocycles. The van der Waals surface area contributed by atoms with E-state index in [0.717, 1.165) is 10.6 Å². The van der Waals surface area contributed by atoms with E-state index in [-0.39, 0.29) is 0 Å². The molecule has 0 radical (unpaired) electrons. The summed E-state index contributed by atoms with van der Waals surface area (Å²) in [6, 6.07) is 3.97. The van der Waals surface area contributed by atoms with Gasteiger partial charge >= 0.3 is 5.97 Å². The zero-order chi connectivity index (χ0) is 11.9. The van der Waals surface area contributed by atoms with Gasteiger partial charge in [0.2, 0.25) is 0 Å². The van der Waals surface area contributed by atoms with Crippen molar-refractivity contribution in [1.29, 1.82) is 0 Å². The highest BCUT2D eigenvalue weighted by Crippen LogP contribution is 2.45. The lowest BCUT2D eigenvalue weighted by Crippen LogP contribution is -2.43. The minimum absolute atomic E-state index is 0.454. The van der Waals surface area contributed by atoms with Crippen molar-refractivity contribution in [2.24, 2.45) is 5.92 Å². The second-order valence-corrected chi connectivity index (χ2v) is 5.26. The van der Waals surface area contributed by atoms with E-state index in [1.807, 2.05) is 44.5 Å². The molecule has 4 heteroatoms. The Bertz CT molecular complexity index is 438. The van der Waals surface area contributed by atoms with Crippen LogP contribution < -0.4 is 0 Å². The SMILES string of the molecule is CC1=C[C@H](C(=O)O)[C@](C)(c2cccs2)N1C. The first-order chi connectivity index (χ1) is 7.48. The zero-order valence-electron chi connectivity index (χ0n) is 9.60. The summed E-state index contributed by atoms with van der Waals surface area (Å²) in [5.74, 6) is -1.24. The lowest BCUT2D eigenvalue weighted by molar-refractivity contribution is -0.143. The van der Waals surface area contributed by atoms with Gasteiger partial charge in [-0.15, -0.1) is 11.3 Å². The predicted molar refractivity (Wildman–Crippen MR) is 64.3 cm³/mol. The van der Waals surface area contributed by atoms with Crippen LogP contribution in [0.2, 0.25) is 0 Å². The summed E-state index contributed by atoms with van der Waals surface area (Å²) in [5, 5.41) is 11.3. The summed E-state index contributed by atoms with van der Waals surface area (Å²) in [5.41, 5.74) is 0.563. The van der Waals surface area contributed by atoms with Gasteiger partial charge in [0.25, 0.3) is 0 Å². The van der Waals surface area contributed by atoms with Crippen molar-refractivity contribution in [2.45, 2.75) is 19.4 Å². The molecule has 2 atom stereocenters. The number of rotatable bonds is 2. The number of nitrogens with zero attached hydrogens (tertiary/aromatic N) is 1. The Morgan fingerprint density at radius 2 is 2.31 bits per heavy atom. The van der Waals surface area contributed by atoms with Crippen LogP contribution >= 0.6 is 11.3 Å². The topological polar surface area (TPSA) is 40.5 Å². The first kappa shape index (κ1) is 11.2. The fourth-order valence-electron chi connectivity index (χ4n) is 2.29. The van der Waals surface area contributed by atoms with E-state index in [9.17, 15) is 9.90 Å². The quantitative estimate of drug-likeness (QED) is 0.859. The van der Waals surface area contributed by atoms with Gasteiger partial charge in [0.1, 0.15) is 5.92 Å². The minimum atomic E-state index is -0.764. The Balaban J connectivity index is 2.50. The summed E-state index contributed by atoms with van der Waals surface area (Å²) in [6.45, 7) is 3.94. The minimum Gasteiger partial charge on any atom is -0.481 e. The Morgan fingerprint density at radius 3 is 2.81 bits per heavy atom. The van der Waals surface area contributed by atoms with Crippen molar-refractivity contribution < 1.29 is 9.90 Å². The number of hydrogen-bond donors (Lipinski definition) is 1. The molecule has 0 aliphatic carbocycles. The van der Waals surface area contributed by atoms with Crippen molar-refractivity contribution in [3.05, 3.63) is 34.2 Å². The van der Waals surface area contributed by atoms with Gasteiger partial charge in [-0.05, 0) is 31.4 Å². The summed E-state index contributed by atoms with van der Waals surface area (Å²) < 4.78 is 0. The van der Waals surface area contributed by atoms with Crippen molar-refractivity contribution in [3.63, 3.8) is 0 Å². The average Bonchev–Trinajstić information content (AvgIpc) is 2.82. The third-order valence-corrected chi connectivity index (χ3v) is 4.62. The number of allylic oxidation sites excluding steroid dienone is 1. The number of aliphatic carboxylic acids is 1. The molecule has 0 bridgehead atoms. The Hall–Kier alpha value is -1.29. The fourth-order valence-corrected chi connectivity index (χ4v) is 3.25. The molecule has 0 saturated carbocycles. The molecule has 0 unspecified atom stereocenters. The van der Waals surface area contributed by atoms with E-state index >= 15 is 0 Å². The van der Waals surface area contributed by atoms with Crippen LogP contribution in [0.3, 0.4) is 0 Å². The summed E-state index contributed by atoms with van der Waals surface area (Å²) >= 11 is 1.61. The Labute approximate surface area is 99.0 Å². The Kier molecular flexibility index (Phi) is 2.54. The highest BCUT2D eigenvalue weighted by atomic mass is 32.1. The molecule has 2 rings (SSSR count). The van der Waals surface area contributed by atoms with E-state index in [1.165, 1.54) is 0 Å². The van der Waals surface area contributed by atoms with Gasteiger partial charge in [0.15, 0.2) is 0 Å². The maximum absolute atomic E-state index is 11.3. The van der Waals surface area contributed by atoms with Gasteiger partial charge < -0.3 is 10.0 Å². The molecule has 1 aromatic heterocycles. The lowest BCUT2D eigenvalue weighted by atomic mass is 9.86. The highest BCUT2D eigenvalue weighted by molar-refractivity contribution is 7.10. The Morgan fingerprint density at radius 1 is 1.62 bits per heavy atom. The number of hydrogen-bond acceptors (Lipinski definition) is 3. The van der Waals surface area contributed by atoms with Gasteiger partial charge in [-0.1, -0.05) is 6.07 Å². The smallest absolute Gasteiger partial charge is 0.313 e. The van der Waals surface area contributed by atoms with Crippen LogP contribution in [0.5, 0.6) is 0 Å². The summed E-state index contributed by atoms with van der Waals surface area (Å²) in [7, 11) is 1.95. The van der Waals surface area contributed by atoms with Gasteiger partial charge in [0, 0.05) is 17.6 Å². The van der Waals surface area contributed by atoms with Crippen molar-refractivity contribution in [3.8, 4) is 0 Å². The van der Waals surface area contributed by atoms with Crippen LogP contribution in [-0.4, -0.2) is 23.0 Å². The number of carbonyl (C=O) groups is 1. The van der Waals surface area contributed by atoms with Crippen LogP contribution in [0.15, 0.2) is 29.3 Å². The highest BCUT2D eigenvalue weighted by Gasteiger charge is 2.47. The number of thiophene rings is 1. The van der Waals surface area contributed by atoms with Crippen molar-refractivity contribution >= 4 is 17.3 Å². The van der Waals surface area contributed by atoms with Crippen LogP contribution in [0, 0.1) is 5.92 Å². The molecule has 0 spiro atoms. The van der Waals surface area contributed by atoms with Gasteiger partial charge in [0.05, 0.1) is 5.54 Å². The van der Waals surface area contributed by atoms with Gasteiger partial charge in [-0.2, -0.15) is 0 Å². The molecule has 1 aliphatic rings. The molecule has 0 amide bonds. The van der Waals surface area contributed by atoms with Gasteiger partial charge in [-0.3, -0.25) is 4.79 Å². The molecule has 1 aliphatic heterocycles. The zero-order valence-corrected chi connectivity index (χ0v) is 10.4. The first-order valence-corrected chi connectivity index (χ1v) is 6.05. The molecule has 1 N–H and O–H groups in total. The molecule has 1 aromatic rings. The molecule has 0 saturated heterocycles. The molecule has 3 nitrogen and oxygen atoms in total. The van der Waals surface area contributed by atoms with E-state index in [0.29, 0.717) is 0 Å². The maximum Gasteiger partial charge on any atom is 0.313 e. The van der Waals surface area contributed by atoms with Crippen LogP contribution in [-0.2, 0) is 10.3 Å². The first-order valence-electron chi connectivity index (χ1n) is 5.17. The predicted octanol–water partition coefficient (Wildman–Crippen LogP) is 2.51. The van der Waals surface area contributed by atoms with Crippen LogP contribution in [0.25, 0.3) is 0 Å². The number of carboxylic acid groups (broad SMARTS) is 1.